The molecule has 0 bridgehead atoms. The standard InChI is InChI=1S/C21H18N4OS/c1-15-7-2-3-10-19(15)26-20-17(9-6-12-23-20)24-13-16-14-27-21(25-16)18-8-4-5-11-22-18/h2-12,14,24H,13H2,1H3. The quantitative estimate of drug-likeness (QED) is 0.495. The van der Waals surface area contributed by atoms with E-state index < -0.39 is 0 Å². The van der Waals surface area contributed by atoms with Crippen molar-refractivity contribution in [3.8, 4) is 22.3 Å². The monoisotopic (exact) mass is 374 g/mol. The largest absolute Gasteiger partial charge is 0.437 e. The summed E-state index contributed by atoms with van der Waals surface area (Å²) in [5.41, 5.74) is 3.73. The first-order valence-electron chi connectivity index (χ1n) is 8.58. The molecule has 1 N–H and O–H groups in total. The fourth-order valence-corrected chi connectivity index (χ4v) is 3.36. The first-order valence-corrected chi connectivity index (χ1v) is 9.46. The highest BCUT2D eigenvalue weighted by atomic mass is 32.1. The number of anilines is 1. The Bertz CT molecular complexity index is 1030. The molecule has 5 nitrogen and oxygen atoms in total. The van der Waals surface area contributed by atoms with Crippen molar-refractivity contribution in [1.29, 1.82) is 0 Å². The van der Waals surface area contributed by atoms with Crippen LogP contribution in [0.25, 0.3) is 10.7 Å². The highest BCUT2D eigenvalue weighted by Crippen LogP contribution is 2.29. The van der Waals surface area contributed by atoms with E-state index in [1.165, 1.54) is 0 Å². The van der Waals surface area contributed by atoms with Crippen molar-refractivity contribution in [1.82, 2.24) is 15.0 Å². The van der Waals surface area contributed by atoms with Crippen LogP contribution in [-0.2, 0) is 6.54 Å². The van der Waals surface area contributed by atoms with Crippen LogP contribution in [0.3, 0.4) is 0 Å². The molecule has 0 aliphatic rings. The van der Waals surface area contributed by atoms with Crippen molar-refractivity contribution in [3.63, 3.8) is 0 Å². The number of rotatable bonds is 6. The van der Waals surface area contributed by atoms with E-state index in [9.17, 15) is 0 Å². The third-order valence-corrected chi connectivity index (χ3v) is 4.88. The minimum absolute atomic E-state index is 0.548. The molecular weight excluding hydrogens is 356 g/mol. The molecule has 4 aromatic rings. The Morgan fingerprint density at radius 2 is 1.81 bits per heavy atom. The van der Waals surface area contributed by atoms with E-state index in [4.69, 9.17) is 4.74 Å². The predicted molar refractivity (Wildman–Crippen MR) is 108 cm³/mol. The zero-order valence-corrected chi connectivity index (χ0v) is 15.6. The van der Waals surface area contributed by atoms with Gasteiger partial charge in [-0.3, -0.25) is 4.98 Å². The van der Waals surface area contributed by atoms with Gasteiger partial charge in [-0.05, 0) is 42.8 Å². The number of aryl methyl sites for hydroxylation is 1. The minimum Gasteiger partial charge on any atom is -0.437 e. The lowest BCUT2D eigenvalue weighted by Gasteiger charge is -2.12. The molecule has 1 aromatic carbocycles. The maximum Gasteiger partial charge on any atom is 0.242 e. The van der Waals surface area contributed by atoms with Crippen molar-refractivity contribution in [2.75, 3.05) is 5.32 Å². The van der Waals surface area contributed by atoms with Crippen LogP contribution in [0.2, 0.25) is 0 Å². The third-order valence-electron chi connectivity index (χ3n) is 3.97. The highest BCUT2D eigenvalue weighted by molar-refractivity contribution is 7.13. The van der Waals surface area contributed by atoms with Gasteiger partial charge in [-0.1, -0.05) is 24.3 Å². The average molecular weight is 374 g/mol. The SMILES string of the molecule is Cc1ccccc1Oc1ncccc1NCc1csc(-c2ccccn2)n1. The number of nitrogens with one attached hydrogen (secondary N) is 1. The van der Waals surface area contributed by atoms with Crippen molar-refractivity contribution in [2.45, 2.75) is 13.5 Å². The van der Waals surface area contributed by atoms with Gasteiger partial charge in [0.25, 0.3) is 0 Å². The molecular formula is C21H18N4OS. The number of para-hydroxylation sites is 1. The molecule has 0 amide bonds. The van der Waals surface area contributed by atoms with Crippen molar-refractivity contribution in [2.24, 2.45) is 0 Å². The van der Waals surface area contributed by atoms with Crippen LogP contribution in [0, 0.1) is 6.92 Å². The summed E-state index contributed by atoms with van der Waals surface area (Å²) in [4.78, 5) is 13.4. The summed E-state index contributed by atoms with van der Waals surface area (Å²) in [7, 11) is 0. The lowest BCUT2D eigenvalue weighted by Crippen LogP contribution is -2.02. The Balaban J connectivity index is 1.48. The molecule has 6 heteroatoms. The smallest absolute Gasteiger partial charge is 0.242 e. The predicted octanol–water partition coefficient (Wildman–Crippen LogP) is 5.31. The molecule has 0 aliphatic heterocycles. The Labute approximate surface area is 161 Å². The lowest BCUT2D eigenvalue weighted by atomic mass is 10.2. The molecule has 4 rings (SSSR count). The first kappa shape index (κ1) is 17.2. The second-order valence-electron chi connectivity index (χ2n) is 5.94. The van der Waals surface area contributed by atoms with Gasteiger partial charge in [-0.15, -0.1) is 11.3 Å². The third kappa shape index (κ3) is 4.12. The number of nitrogens with zero attached hydrogens (tertiary/aromatic N) is 3. The van der Waals surface area contributed by atoms with Crippen molar-refractivity contribution >= 4 is 17.0 Å². The van der Waals surface area contributed by atoms with Crippen LogP contribution < -0.4 is 10.1 Å². The van der Waals surface area contributed by atoms with Crippen LogP contribution >= 0.6 is 11.3 Å². The van der Waals surface area contributed by atoms with Gasteiger partial charge >= 0.3 is 0 Å². The molecule has 0 saturated carbocycles. The number of hydrogen-bond acceptors (Lipinski definition) is 6. The van der Waals surface area contributed by atoms with Gasteiger partial charge < -0.3 is 10.1 Å². The summed E-state index contributed by atoms with van der Waals surface area (Å²) < 4.78 is 6.00. The number of hydrogen-bond donors (Lipinski definition) is 1. The summed E-state index contributed by atoms with van der Waals surface area (Å²) in [6.45, 7) is 2.60. The van der Waals surface area contributed by atoms with Crippen LogP contribution in [0.4, 0.5) is 5.69 Å². The Morgan fingerprint density at radius 3 is 2.67 bits per heavy atom. The summed E-state index contributed by atoms with van der Waals surface area (Å²) in [5, 5.41) is 6.32. The molecule has 0 unspecified atom stereocenters. The van der Waals surface area contributed by atoms with E-state index in [2.05, 4.69) is 20.3 Å². The van der Waals surface area contributed by atoms with Crippen LogP contribution in [0.5, 0.6) is 11.6 Å². The molecule has 27 heavy (non-hydrogen) atoms. The molecule has 0 spiro atoms. The van der Waals surface area contributed by atoms with Gasteiger partial charge in [0.05, 0.1) is 23.6 Å². The maximum absolute atomic E-state index is 6.00. The molecule has 0 saturated heterocycles. The van der Waals surface area contributed by atoms with E-state index >= 15 is 0 Å². The summed E-state index contributed by atoms with van der Waals surface area (Å²) in [5.74, 6) is 1.34. The summed E-state index contributed by atoms with van der Waals surface area (Å²) >= 11 is 1.59. The second-order valence-corrected chi connectivity index (χ2v) is 6.79. The van der Waals surface area contributed by atoms with Gasteiger partial charge in [-0.2, -0.15) is 0 Å². The Morgan fingerprint density at radius 1 is 0.963 bits per heavy atom. The molecule has 3 heterocycles. The minimum atomic E-state index is 0.548. The van der Waals surface area contributed by atoms with Crippen molar-refractivity contribution in [3.05, 3.63) is 83.6 Å². The lowest BCUT2D eigenvalue weighted by molar-refractivity contribution is 0.461. The second kappa shape index (κ2) is 7.97. The molecule has 0 fully saturated rings. The number of ether oxygens (including phenoxy) is 1. The fourth-order valence-electron chi connectivity index (χ4n) is 2.56. The average Bonchev–Trinajstić information content (AvgIpc) is 3.19. The molecule has 0 aliphatic carbocycles. The molecule has 0 atom stereocenters. The van der Waals surface area contributed by atoms with E-state index in [0.717, 1.165) is 33.4 Å². The Hall–Kier alpha value is -3.25. The zero-order chi connectivity index (χ0) is 18.5. The number of pyridine rings is 2. The van der Waals surface area contributed by atoms with Crippen LogP contribution in [-0.4, -0.2) is 15.0 Å². The van der Waals surface area contributed by atoms with Crippen LogP contribution in [0.15, 0.2) is 72.4 Å². The van der Waals surface area contributed by atoms with E-state index in [0.29, 0.717) is 12.4 Å². The van der Waals surface area contributed by atoms with E-state index in [-0.39, 0.29) is 0 Å². The van der Waals surface area contributed by atoms with Gasteiger partial charge in [0.1, 0.15) is 10.8 Å². The van der Waals surface area contributed by atoms with Crippen molar-refractivity contribution < 1.29 is 4.74 Å². The Kier molecular flexibility index (Phi) is 5.07. The van der Waals surface area contributed by atoms with Gasteiger partial charge in [0.15, 0.2) is 0 Å². The number of thiazole rings is 1. The number of aromatic nitrogens is 3. The molecule has 0 radical (unpaired) electrons. The maximum atomic E-state index is 6.00. The highest BCUT2D eigenvalue weighted by Gasteiger charge is 2.09. The van der Waals surface area contributed by atoms with Gasteiger partial charge in [-0.25, -0.2) is 9.97 Å². The fraction of sp³-hybridized carbons (Fsp3) is 0.0952. The normalized spacial score (nSPS) is 10.6. The van der Waals surface area contributed by atoms with E-state index in [1.807, 2.05) is 66.9 Å². The van der Waals surface area contributed by atoms with Gasteiger partial charge in [0.2, 0.25) is 5.88 Å². The zero-order valence-electron chi connectivity index (χ0n) is 14.8. The summed E-state index contributed by atoms with van der Waals surface area (Å²) in [6, 6.07) is 17.6. The first-order chi connectivity index (χ1) is 13.3. The van der Waals surface area contributed by atoms with Gasteiger partial charge in [0, 0.05) is 17.8 Å². The molecule has 134 valence electrons. The topological polar surface area (TPSA) is 59.9 Å². The number of benzene rings is 1. The molecule has 3 aromatic heterocycles. The summed E-state index contributed by atoms with van der Waals surface area (Å²) in [6.07, 6.45) is 3.50. The van der Waals surface area contributed by atoms with Crippen LogP contribution in [0.1, 0.15) is 11.3 Å². The van der Waals surface area contributed by atoms with E-state index in [1.54, 1.807) is 23.7 Å².